The second-order valence-electron chi connectivity index (χ2n) is 8.03. The molecule has 0 radical (unpaired) electrons. The first kappa shape index (κ1) is 22.6. The molecule has 0 saturated carbocycles. The number of rotatable bonds is 6. The van der Waals surface area contributed by atoms with Gasteiger partial charge in [0.15, 0.2) is 0 Å². The molecule has 8 heteroatoms. The molecule has 2 aliphatic rings. The Morgan fingerprint density at radius 2 is 2.00 bits per heavy atom. The van der Waals surface area contributed by atoms with E-state index in [1.54, 1.807) is 12.1 Å². The molecule has 2 heterocycles. The van der Waals surface area contributed by atoms with Crippen LogP contribution in [0.25, 0.3) is 11.1 Å². The minimum absolute atomic E-state index is 0.0159. The maximum atomic E-state index is 12.6. The molecule has 2 aromatic rings. The minimum Gasteiger partial charge on any atom is -0.486 e. The second kappa shape index (κ2) is 9.90. The molecule has 0 aromatic heterocycles. The summed E-state index contributed by atoms with van der Waals surface area (Å²) in [5, 5.41) is 3.52. The van der Waals surface area contributed by atoms with Crippen molar-refractivity contribution in [2.24, 2.45) is 0 Å². The van der Waals surface area contributed by atoms with Crippen LogP contribution in [0.4, 0.5) is 0 Å². The van der Waals surface area contributed by atoms with Gasteiger partial charge in [0, 0.05) is 25.1 Å². The standard InChI is InChI=1S/C24H27ClN2O5/c1-15(27-6-8-31-9-7-27)23(28)26-14-20-12-19-11-18(13-21(25)22(19)32-20)16-4-3-5-17(10-16)24(29)30-2/h3-5,10-11,13,15,20H,6-9,12,14H2,1-2H3,(H,26,28)/t15-,20+/m1/s1. The fourth-order valence-corrected chi connectivity index (χ4v) is 4.39. The van der Waals surface area contributed by atoms with Crippen LogP contribution in [0.5, 0.6) is 5.75 Å². The van der Waals surface area contributed by atoms with Crippen molar-refractivity contribution in [2.45, 2.75) is 25.5 Å². The van der Waals surface area contributed by atoms with Crippen molar-refractivity contribution in [3.63, 3.8) is 0 Å². The van der Waals surface area contributed by atoms with Gasteiger partial charge in [0.1, 0.15) is 11.9 Å². The lowest BCUT2D eigenvalue weighted by molar-refractivity contribution is -0.127. The number of fused-ring (bicyclic) bond motifs is 1. The van der Waals surface area contributed by atoms with E-state index < -0.39 is 0 Å². The van der Waals surface area contributed by atoms with E-state index >= 15 is 0 Å². The molecule has 0 unspecified atom stereocenters. The van der Waals surface area contributed by atoms with Crippen molar-refractivity contribution in [2.75, 3.05) is 40.0 Å². The van der Waals surface area contributed by atoms with Crippen LogP contribution in [-0.2, 0) is 20.7 Å². The molecule has 0 bridgehead atoms. The summed E-state index contributed by atoms with van der Waals surface area (Å²) in [4.78, 5) is 26.6. The number of nitrogens with zero attached hydrogens (tertiary/aromatic N) is 1. The highest BCUT2D eigenvalue weighted by atomic mass is 35.5. The van der Waals surface area contributed by atoms with Gasteiger partial charge in [0.2, 0.25) is 5.91 Å². The van der Waals surface area contributed by atoms with Crippen molar-refractivity contribution in [1.29, 1.82) is 0 Å². The Balaban J connectivity index is 1.41. The molecule has 170 valence electrons. The van der Waals surface area contributed by atoms with E-state index in [0.717, 1.165) is 29.8 Å². The summed E-state index contributed by atoms with van der Waals surface area (Å²) in [7, 11) is 1.36. The van der Waals surface area contributed by atoms with Gasteiger partial charge in [-0.05, 0) is 42.3 Å². The molecule has 1 saturated heterocycles. The van der Waals surface area contributed by atoms with Crippen LogP contribution in [-0.4, -0.2) is 68.9 Å². The van der Waals surface area contributed by atoms with E-state index in [0.29, 0.717) is 42.5 Å². The van der Waals surface area contributed by atoms with Crippen LogP contribution in [0, 0.1) is 0 Å². The average molecular weight is 459 g/mol. The number of carbonyl (C=O) groups is 2. The summed E-state index contributed by atoms with van der Waals surface area (Å²) in [5.74, 6) is 0.252. The predicted molar refractivity (Wildman–Crippen MR) is 121 cm³/mol. The quantitative estimate of drug-likeness (QED) is 0.671. The number of methoxy groups -OCH3 is 1. The molecule has 2 aliphatic heterocycles. The number of benzene rings is 2. The van der Waals surface area contributed by atoms with Gasteiger partial charge in [-0.2, -0.15) is 0 Å². The lowest BCUT2D eigenvalue weighted by Gasteiger charge is -2.31. The fraction of sp³-hybridized carbons (Fsp3) is 0.417. The van der Waals surface area contributed by atoms with E-state index in [9.17, 15) is 9.59 Å². The molecule has 2 atom stereocenters. The van der Waals surface area contributed by atoms with Crippen molar-refractivity contribution < 1.29 is 23.8 Å². The van der Waals surface area contributed by atoms with E-state index in [4.69, 9.17) is 25.8 Å². The summed E-state index contributed by atoms with van der Waals surface area (Å²) in [5.41, 5.74) is 3.23. The van der Waals surface area contributed by atoms with Crippen LogP contribution in [0.15, 0.2) is 36.4 Å². The summed E-state index contributed by atoms with van der Waals surface area (Å²) >= 11 is 6.51. The number of halogens is 1. The highest BCUT2D eigenvalue weighted by Crippen LogP contribution is 2.39. The topological polar surface area (TPSA) is 77.1 Å². The molecule has 1 fully saturated rings. The van der Waals surface area contributed by atoms with Crippen LogP contribution < -0.4 is 10.1 Å². The summed E-state index contributed by atoms with van der Waals surface area (Å²) in [6.45, 7) is 5.15. The van der Waals surface area contributed by atoms with Crippen LogP contribution in [0.1, 0.15) is 22.8 Å². The van der Waals surface area contributed by atoms with Crippen LogP contribution in [0.2, 0.25) is 5.02 Å². The van der Waals surface area contributed by atoms with Crippen LogP contribution >= 0.6 is 11.6 Å². The van der Waals surface area contributed by atoms with Gasteiger partial charge < -0.3 is 19.5 Å². The zero-order valence-corrected chi connectivity index (χ0v) is 19.0. The zero-order valence-electron chi connectivity index (χ0n) is 18.2. The number of amides is 1. The largest absolute Gasteiger partial charge is 0.486 e. The van der Waals surface area contributed by atoms with Gasteiger partial charge in [0.05, 0.1) is 43.5 Å². The molecule has 7 nitrogen and oxygen atoms in total. The first-order chi connectivity index (χ1) is 15.5. The molecule has 2 aromatic carbocycles. The van der Waals surface area contributed by atoms with Crippen molar-refractivity contribution in [1.82, 2.24) is 10.2 Å². The monoisotopic (exact) mass is 458 g/mol. The number of morpholine rings is 1. The third-order valence-electron chi connectivity index (χ3n) is 5.95. The first-order valence-corrected chi connectivity index (χ1v) is 11.1. The summed E-state index contributed by atoms with van der Waals surface area (Å²) in [6.07, 6.45) is 0.464. The smallest absolute Gasteiger partial charge is 0.337 e. The van der Waals surface area contributed by atoms with Gasteiger partial charge in [0.25, 0.3) is 0 Å². The fourth-order valence-electron chi connectivity index (χ4n) is 4.10. The Kier molecular flexibility index (Phi) is 6.98. The minimum atomic E-state index is -0.385. The Bertz CT molecular complexity index is 1010. The molecule has 4 rings (SSSR count). The Morgan fingerprint density at radius 3 is 2.75 bits per heavy atom. The van der Waals surface area contributed by atoms with Crippen molar-refractivity contribution in [3.8, 4) is 16.9 Å². The van der Waals surface area contributed by atoms with Crippen molar-refractivity contribution >= 4 is 23.5 Å². The SMILES string of the molecule is COC(=O)c1cccc(-c2cc(Cl)c3c(c2)C[C@@H](CNC(=O)[C@@H](C)N2CCOCC2)O3)c1. The third kappa shape index (κ3) is 4.90. The number of esters is 1. The van der Waals surface area contributed by atoms with E-state index in [-0.39, 0.29) is 24.0 Å². The summed E-state index contributed by atoms with van der Waals surface area (Å²) in [6, 6.07) is 10.9. The van der Waals surface area contributed by atoms with E-state index in [2.05, 4.69) is 10.2 Å². The average Bonchev–Trinajstić information content (AvgIpc) is 3.26. The number of ether oxygens (including phenoxy) is 3. The molecule has 0 aliphatic carbocycles. The van der Waals surface area contributed by atoms with E-state index in [1.165, 1.54) is 7.11 Å². The number of hydrogen-bond donors (Lipinski definition) is 1. The Hall–Kier alpha value is -2.61. The molecule has 1 amide bonds. The zero-order chi connectivity index (χ0) is 22.7. The Morgan fingerprint density at radius 1 is 1.22 bits per heavy atom. The normalized spacial score (nSPS) is 19.0. The molecular formula is C24H27ClN2O5. The number of hydrogen-bond acceptors (Lipinski definition) is 6. The lowest BCUT2D eigenvalue weighted by atomic mass is 9.99. The highest BCUT2D eigenvalue weighted by Gasteiger charge is 2.28. The van der Waals surface area contributed by atoms with Gasteiger partial charge in [-0.15, -0.1) is 0 Å². The van der Waals surface area contributed by atoms with E-state index in [1.807, 2.05) is 31.2 Å². The van der Waals surface area contributed by atoms with Gasteiger partial charge in [-0.1, -0.05) is 23.7 Å². The first-order valence-electron chi connectivity index (χ1n) is 10.7. The molecule has 32 heavy (non-hydrogen) atoms. The van der Waals surface area contributed by atoms with Gasteiger partial charge in [-0.3, -0.25) is 9.69 Å². The molecule has 0 spiro atoms. The molecule has 1 N–H and O–H groups in total. The second-order valence-corrected chi connectivity index (χ2v) is 8.44. The maximum Gasteiger partial charge on any atom is 0.337 e. The van der Waals surface area contributed by atoms with Gasteiger partial charge >= 0.3 is 5.97 Å². The predicted octanol–water partition coefficient (Wildman–Crippen LogP) is 2.93. The third-order valence-corrected chi connectivity index (χ3v) is 6.23. The van der Waals surface area contributed by atoms with Gasteiger partial charge in [-0.25, -0.2) is 4.79 Å². The molecular weight excluding hydrogens is 432 g/mol. The highest BCUT2D eigenvalue weighted by molar-refractivity contribution is 6.32. The maximum absolute atomic E-state index is 12.6. The van der Waals surface area contributed by atoms with Crippen molar-refractivity contribution in [3.05, 3.63) is 52.5 Å². The number of carbonyl (C=O) groups excluding carboxylic acids is 2. The Labute approximate surface area is 192 Å². The van der Waals surface area contributed by atoms with Crippen LogP contribution in [0.3, 0.4) is 0 Å². The number of nitrogens with one attached hydrogen (secondary N) is 1. The summed E-state index contributed by atoms with van der Waals surface area (Å²) < 4.78 is 16.2. The lowest BCUT2D eigenvalue weighted by Crippen LogP contribution is -2.50.